The fourth-order valence-corrected chi connectivity index (χ4v) is 3.65. The van der Waals surface area contributed by atoms with Gasteiger partial charge in [0.05, 0.1) is 0 Å². The second-order valence-electron chi connectivity index (χ2n) is 9.24. The fraction of sp³-hybridized carbons (Fsp3) is 0.0811. The zero-order valence-corrected chi connectivity index (χ0v) is 26.4. The van der Waals surface area contributed by atoms with Crippen LogP contribution in [0.4, 0.5) is 17.3 Å². The Hall–Kier alpha value is -0.866. The third-order valence-corrected chi connectivity index (χ3v) is 5.61. The van der Waals surface area contributed by atoms with Crippen molar-refractivity contribution in [2.45, 2.75) is 12.8 Å². The standard InChI is InChI=1S/C17H16.4C5H5.BF4.2Fe/c1-3-7-15(8-4-1)13-17(11-12-17)14-16-9-5-2-6-10-16;4*1-2-4-5-3-1;2-1(3,4)5;;/h1-12H,13-14H2;4*1-5H;;;/q;;;;;-1;;. The van der Waals surface area contributed by atoms with Crippen molar-refractivity contribution in [3.63, 3.8) is 0 Å². The maximum atomic E-state index is 9.75. The van der Waals surface area contributed by atoms with E-state index < -0.39 is 7.25 Å². The van der Waals surface area contributed by atoms with Crippen molar-refractivity contribution in [1.29, 1.82) is 0 Å². The Morgan fingerprint density at radius 1 is 0.432 bits per heavy atom. The fourth-order valence-electron chi connectivity index (χ4n) is 3.65. The van der Waals surface area contributed by atoms with E-state index in [0.29, 0.717) is 5.41 Å². The number of hydrogen-bond donors (Lipinski definition) is 0. The first-order valence-corrected chi connectivity index (χ1v) is 13.7. The summed E-state index contributed by atoms with van der Waals surface area (Å²) in [7, 11) is -6.00. The van der Waals surface area contributed by atoms with E-state index in [1.807, 2.05) is 128 Å². The molecule has 0 aromatic heterocycles. The second kappa shape index (κ2) is 27.3. The molecule has 0 amide bonds. The molecule has 2 aromatic carbocycles. The molecule has 44 heavy (non-hydrogen) atoms. The molecule has 0 unspecified atom stereocenters. The third-order valence-electron chi connectivity index (χ3n) is 5.61. The van der Waals surface area contributed by atoms with Gasteiger partial charge in [0.25, 0.3) is 0 Å². The van der Waals surface area contributed by atoms with Gasteiger partial charge in [-0.25, -0.2) is 0 Å². The molecule has 5 saturated carbocycles. The molecule has 5 fully saturated rings. The predicted molar refractivity (Wildman–Crippen MR) is 168 cm³/mol. The van der Waals surface area contributed by atoms with Crippen molar-refractivity contribution in [3.05, 3.63) is 213 Å². The molecule has 0 spiro atoms. The van der Waals surface area contributed by atoms with Gasteiger partial charge in [-0.15, -0.1) is 0 Å². The van der Waals surface area contributed by atoms with Crippen LogP contribution >= 0.6 is 0 Å². The van der Waals surface area contributed by atoms with Crippen LogP contribution in [0.2, 0.25) is 0 Å². The van der Waals surface area contributed by atoms with Gasteiger partial charge in [-0.3, -0.25) is 0 Å². The van der Waals surface area contributed by atoms with Crippen molar-refractivity contribution in [2.24, 2.45) is 5.41 Å². The van der Waals surface area contributed by atoms with Crippen LogP contribution in [-0.2, 0) is 47.0 Å². The van der Waals surface area contributed by atoms with E-state index in [0.717, 1.165) is 12.8 Å². The summed E-state index contributed by atoms with van der Waals surface area (Å²) in [5.41, 5.74) is 3.16. The smallest absolute Gasteiger partial charge is 0.418 e. The monoisotopic (exact) mass is 679 g/mol. The van der Waals surface area contributed by atoms with Gasteiger partial charge in [-0.2, -0.15) is 0 Å². The molecule has 0 nitrogen and oxygen atoms in total. The van der Waals surface area contributed by atoms with Gasteiger partial charge >= 0.3 is 7.25 Å². The average Bonchev–Trinajstić information content (AvgIpc) is 3.73. The van der Waals surface area contributed by atoms with Crippen LogP contribution < -0.4 is 0 Å². The molecule has 0 aliphatic heterocycles. The van der Waals surface area contributed by atoms with E-state index >= 15 is 0 Å². The summed E-state index contributed by atoms with van der Waals surface area (Å²) in [6, 6.07) is 21.5. The largest absolute Gasteiger partial charge is 0.673 e. The van der Waals surface area contributed by atoms with E-state index in [1.54, 1.807) is 0 Å². The van der Waals surface area contributed by atoms with E-state index in [2.05, 4.69) is 73.5 Å². The molecular weight excluding hydrogens is 643 g/mol. The first-order chi connectivity index (χ1) is 20.4. The molecule has 0 atom stereocenters. The third kappa shape index (κ3) is 26.4. The minimum Gasteiger partial charge on any atom is -0.418 e. The number of benzene rings is 2. The summed E-state index contributed by atoms with van der Waals surface area (Å²) >= 11 is 0. The van der Waals surface area contributed by atoms with Crippen molar-refractivity contribution < 1.29 is 51.4 Å². The minimum absolute atomic E-state index is 0. The zero-order valence-electron chi connectivity index (χ0n) is 24.2. The SMILES string of the molecule is F[B-](F)(F)F.[CH]1[CH][CH][CH][CH]1.[CH]1[CH][CH][CH][CH]1.[CH]1[CH][CH][CH][CH]1.[CH]1[CH][CH][CH][CH]1.[Fe].[Fe].c1ccc(CC2(Cc3ccccc3)[CH+][CH-]2)cc1. The molecule has 7 rings (SSSR count). The van der Waals surface area contributed by atoms with E-state index in [1.165, 1.54) is 11.1 Å². The Morgan fingerprint density at radius 3 is 0.773 bits per heavy atom. The molecule has 232 valence electrons. The van der Waals surface area contributed by atoms with Gasteiger partial charge in [0.1, 0.15) is 0 Å². The summed E-state index contributed by atoms with van der Waals surface area (Å²) in [5, 5.41) is 0. The first kappa shape index (κ1) is 43.1. The maximum absolute atomic E-state index is 9.75. The molecule has 0 heterocycles. The van der Waals surface area contributed by atoms with Gasteiger partial charge < -0.3 is 17.3 Å². The summed E-state index contributed by atoms with van der Waals surface area (Å²) in [5.74, 6) is 0. The zero-order chi connectivity index (χ0) is 30.2. The molecule has 0 saturated heterocycles. The van der Waals surface area contributed by atoms with Gasteiger partial charge in [0.15, 0.2) is 0 Å². The molecule has 2 aromatic rings. The normalized spacial score (nSPS) is 18.5. The molecule has 20 radical (unpaired) electrons. The number of rotatable bonds is 4. The summed E-state index contributed by atoms with van der Waals surface area (Å²) < 4.78 is 39.0. The molecule has 5 aliphatic carbocycles. The van der Waals surface area contributed by atoms with Crippen LogP contribution in [0.1, 0.15) is 11.1 Å². The van der Waals surface area contributed by atoms with Gasteiger partial charge in [-0.05, 0) is 152 Å². The molecule has 0 bridgehead atoms. The quantitative estimate of drug-likeness (QED) is 0.172. The Balaban J connectivity index is 0.000000567. The van der Waals surface area contributed by atoms with Crippen molar-refractivity contribution >= 4 is 7.25 Å². The molecule has 7 heteroatoms. The average molecular weight is 679 g/mol. The summed E-state index contributed by atoms with van der Waals surface area (Å²) in [4.78, 5) is 0. The second-order valence-corrected chi connectivity index (χ2v) is 9.24. The van der Waals surface area contributed by atoms with Gasteiger partial charge in [0.2, 0.25) is 0 Å². The molecule has 5 aliphatic rings. The topological polar surface area (TPSA) is 0 Å². The van der Waals surface area contributed by atoms with Crippen molar-refractivity contribution in [3.8, 4) is 0 Å². The van der Waals surface area contributed by atoms with Crippen molar-refractivity contribution in [2.75, 3.05) is 0 Å². The van der Waals surface area contributed by atoms with Crippen molar-refractivity contribution in [1.82, 2.24) is 0 Å². The van der Waals surface area contributed by atoms with Crippen LogP contribution in [0, 0.1) is 147 Å². The van der Waals surface area contributed by atoms with E-state index in [9.17, 15) is 17.3 Å². The number of halogens is 4. The van der Waals surface area contributed by atoms with E-state index in [4.69, 9.17) is 0 Å². The Bertz CT molecular complexity index is 740. The van der Waals surface area contributed by atoms with E-state index in [-0.39, 0.29) is 34.1 Å². The predicted octanol–water partition coefficient (Wildman–Crippen LogP) is 9.26. The Labute approximate surface area is 288 Å². The molecule has 0 N–H and O–H groups in total. The summed E-state index contributed by atoms with van der Waals surface area (Å²) in [6.45, 7) is 0. The minimum atomic E-state index is -6.00. The van der Waals surface area contributed by atoms with Gasteiger partial charge in [0, 0.05) is 39.6 Å². The first-order valence-electron chi connectivity index (χ1n) is 13.7. The Morgan fingerprint density at radius 2 is 0.614 bits per heavy atom. The summed E-state index contributed by atoms with van der Waals surface area (Å²) in [6.07, 6.45) is 46.9. The molecular formula is C37H36BF4Fe2-. The van der Waals surface area contributed by atoms with Crippen LogP contribution in [0.5, 0.6) is 0 Å². The van der Waals surface area contributed by atoms with Crippen LogP contribution in [0.25, 0.3) is 0 Å². The number of hydrogen-bond acceptors (Lipinski definition) is 0. The van der Waals surface area contributed by atoms with Crippen LogP contribution in [-0.4, -0.2) is 7.25 Å². The van der Waals surface area contributed by atoms with Crippen LogP contribution in [0.3, 0.4) is 0 Å². The van der Waals surface area contributed by atoms with Crippen LogP contribution in [0.15, 0.2) is 60.7 Å². The Kier molecular flexibility index (Phi) is 26.7. The maximum Gasteiger partial charge on any atom is 0.673 e. The van der Waals surface area contributed by atoms with Gasteiger partial charge in [-0.1, -0.05) is 73.5 Å².